The van der Waals surface area contributed by atoms with Gasteiger partial charge < -0.3 is 10.0 Å². The second-order valence-electron chi connectivity index (χ2n) is 5.05. The highest BCUT2D eigenvalue weighted by Crippen LogP contribution is 2.30. The van der Waals surface area contributed by atoms with E-state index < -0.39 is 12.0 Å². The van der Waals surface area contributed by atoms with Crippen molar-refractivity contribution in [3.8, 4) is 0 Å². The van der Waals surface area contributed by atoms with Crippen molar-refractivity contribution in [2.24, 2.45) is 0 Å². The molecule has 0 aliphatic carbocycles. The average molecular weight is 256 g/mol. The van der Waals surface area contributed by atoms with E-state index in [9.17, 15) is 9.90 Å². The minimum absolute atomic E-state index is 0.445. The van der Waals surface area contributed by atoms with Crippen molar-refractivity contribution in [2.75, 3.05) is 11.4 Å². The maximum atomic E-state index is 11.3. The summed E-state index contributed by atoms with van der Waals surface area (Å²) in [5.41, 5.74) is 1.20. The number of hydrogen-bond acceptors (Lipinski definition) is 3. The Morgan fingerprint density at radius 1 is 1.42 bits per heavy atom. The lowest BCUT2D eigenvalue weighted by Gasteiger charge is -2.23. The van der Waals surface area contributed by atoms with E-state index in [-0.39, 0.29) is 0 Å². The van der Waals surface area contributed by atoms with Crippen LogP contribution >= 0.6 is 0 Å². The summed E-state index contributed by atoms with van der Waals surface area (Å²) in [7, 11) is 0. The Labute approximate surface area is 111 Å². The summed E-state index contributed by atoms with van der Waals surface area (Å²) in [5, 5.41) is 11.4. The summed E-state index contributed by atoms with van der Waals surface area (Å²) in [6.07, 6.45) is 3.36. The molecule has 2 aromatic rings. The zero-order valence-corrected chi connectivity index (χ0v) is 10.8. The van der Waals surface area contributed by atoms with Crippen LogP contribution in [0.3, 0.4) is 0 Å². The highest BCUT2D eigenvalue weighted by atomic mass is 16.4. The largest absolute Gasteiger partial charge is 0.480 e. The molecule has 0 bridgehead atoms. The second kappa shape index (κ2) is 4.53. The summed E-state index contributed by atoms with van der Waals surface area (Å²) < 4.78 is 0. The van der Waals surface area contributed by atoms with E-state index in [1.54, 1.807) is 6.20 Å². The molecular weight excluding hydrogens is 240 g/mol. The number of fused-ring (bicyclic) bond motifs is 1. The Bertz CT molecular complexity index is 639. The molecule has 19 heavy (non-hydrogen) atoms. The lowest BCUT2D eigenvalue weighted by Crippen LogP contribution is -2.36. The van der Waals surface area contributed by atoms with Gasteiger partial charge in [0.1, 0.15) is 11.9 Å². The molecule has 1 aromatic carbocycles. The molecule has 1 saturated heterocycles. The van der Waals surface area contributed by atoms with Crippen LogP contribution in [0.2, 0.25) is 0 Å². The van der Waals surface area contributed by atoms with E-state index in [0.29, 0.717) is 6.42 Å². The monoisotopic (exact) mass is 256 g/mol. The van der Waals surface area contributed by atoms with Gasteiger partial charge in [-0.2, -0.15) is 0 Å². The first kappa shape index (κ1) is 12.0. The number of aryl methyl sites for hydroxylation is 1. The van der Waals surface area contributed by atoms with E-state index in [1.165, 1.54) is 5.56 Å². The molecule has 3 rings (SSSR count). The second-order valence-corrected chi connectivity index (χ2v) is 5.05. The first-order valence-electron chi connectivity index (χ1n) is 6.51. The number of carbonyl (C=O) groups is 1. The van der Waals surface area contributed by atoms with E-state index in [4.69, 9.17) is 0 Å². The predicted molar refractivity (Wildman–Crippen MR) is 74.5 cm³/mol. The fourth-order valence-electron chi connectivity index (χ4n) is 2.79. The van der Waals surface area contributed by atoms with Crippen LogP contribution in [-0.4, -0.2) is 28.6 Å². The van der Waals surface area contributed by atoms with Crippen LogP contribution in [0.4, 0.5) is 5.82 Å². The number of hydrogen-bond donors (Lipinski definition) is 1. The summed E-state index contributed by atoms with van der Waals surface area (Å²) in [4.78, 5) is 17.6. The first-order chi connectivity index (χ1) is 9.16. The summed E-state index contributed by atoms with van der Waals surface area (Å²) in [6.45, 7) is 2.81. The zero-order chi connectivity index (χ0) is 13.4. The van der Waals surface area contributed by atoms with E-state index in [1.807, 2.05) is 23.1 Å². The molecule has 1 N–H and O–H groups in total. The number of rotatable bonds is 2. The molecule has 0 spiro atoms. The standard InChI is InChI=1S/C15H16N2O2/c1-10-4-5-12-11(9-10)6-7-16-14(12)17-8-2-3-13(17)15(18)19/h4-7,9,13H,2-3,8H2,1H3,(H,18,19). The van der Waals surface area contributed by atoms with Gasteiger partial charge in [0.15, 0.2) is 0 Å². The maximum absolute atomic E-state index is 11.3. The van der Waals surface area contributed by atoms with Crippen LogP contribution in [-0.2, 0) is 4.79 Å². The van der Waals surface area contributed by atoms with Gasteiger partial charge >= 0.3 is 5.97 Å². The topological polar surface area (TPSA) is 53.4 Å². The van der Waals surface area contributed by atoms with Crippen molar-refractivity contribution in [1.29, 1.82) is 0 Å². The SMILES string of the molecule is Cc1ccc2c(N3CCCC3C(=O)O)nccc2c1. The molecule has 0 saturated carbocycles. The average Bonchev–Trinajstić information content (AvgIpc) is 2.86. The quantitative estimate of drug-likeness (QED) is 0.897. The molecule has 2 heterocycles. The molecule has 1 aliphatic rings. The van der Waals surface area contributed by atoms with E-state index in [2.05, 4.69) is 18.0 Å². The third-order valence-electron chi connectivity index (χ3n) is 3.71. The van der Waals surface area contributed by atoms with Gasteiger partial charge in [-0.3, -0.25) is 0 Å². The third kappa shape index (κ3) is 2.03. The van der Waals surface area contributed by atoms with E-state index in [0.717, 1.165) is 29.6 Å². The molecule has 1 unspecified atom stereocenters. The van der Waals surface area contributed by atoms with Crippen molar-refractivity contribution in [3.05, 3.63) is 36.0 Å². The summed E-state index contributed by atoms with van der Waals surface area (Å²) in [6, 6.07) is 7.70. The lowest BCUT2D eigenvalue weighted by atomic mass is 10.1. The molecule has 0 amide bonds. The number of aliphatic carboxylic acids is 1. The molecular formula is C15H16N2O2. The molecule has 1 fully saturated rings. The molecule has 4 nitrogen and oxygen atoms in total. The molecule has 1 aliphatic heterocycles. The summed E-state index contributed by atoms with van der Waals surface area (Å²) in [5.74, 6) is 0.0332. The Balaban J connectivity index is 2.12. The zero-order valence-electron chi connectivity index (χ0n) is 10.8. The van der Waals surface area contributed by atoms with Gasteiger partial charge in [0.05, 0.1) is 0 Å². The first-order valence-corrected chi connectivity index (χ1v) is 6.51. The summed E-state index contributed by atoms with van der Waals surface area (Å²) >= 11 is 0. The van der Waals surface area contributed by atoms with Crippen LogP contribution in [0.15, 0.2) is 30.5 Å². The van der Waals surface area contributed by atoms with Gasteiger partial charge in [-0.25, -0.2) is 9.78 Å². The van der Waals surface area contributed by atoms with Crippen molar-refractivity contribution in [3.63, 3.8) is 0 Å². The van der Waals surface area contributed by atoms with Crippen molar-refractivity contribution in [2.45, 2.75) is 25.8 Å². The fourth-order valence-corrected chi connectivity index (χ4v) is 2.79. The van der Waals surface area contributed by atoms with Gasteiger partial charge in [-0.15, -0.1) is 0 Å². The molecule has 1 aromatic heterocycles. The molecule has 0 radical (unpaired) electrons. The van der Waals surface area contributed by atoms with Crippen LogP contribution in [0.5, 0.6) is 0 Å². The number of aromatic nitrogens is 1. The van der Waals surface area contributed by atoms with Crippen molar-refractivity contribution in [1.82, 2.24) is 4.98 Å². The highest BCUT2D eigenvalue weighted by molar-refractivity contribution is 5.94. The third-order valence-corrected chi connectivity index (χ3v) is 3.71. The van der Waals surface area contributed by atoms with Crippen LogP contribution in [0.25, 0.3) is 10.8 Å². The van der Waals surface area contributed by atoms with Crippen LogP contribution in [0, 0.1) is 6.92 Å². The number of pyridine rings is 1. The highest BCUT2D eigenvalue weighted by Gasteiger charge is 2.32. The smallest absolute Gasteiger partial charge is 0.326 e. The van der Waals surface area contributed by atoms with Crippen molar-refractivity contribution >= 4 is 22.6 Å². The number of carboxylic acid groups (broad SMARTS) is 1. The van der Waals surface area contributed by atoms with Gasteiger partial charge in [-0.1, -0.05) is 23.8 Å². The Hall–Kier alpha value is -2.10. The maximum Gasteiger partial charge on any atom is 0.326 e. The Morgan fingerprint density at radius 3 is 3.05 bits per heavy atom. The van der Waals surface area contributed by atoms with Gasteiger partial charge in [0, 0.05) is 18.1 Å². The van der Waals surface area contributed by atoms with Gasteiger partial charge in [-0.05, 0) is 31.2 Å². The Kier molecular flexibility index (Phi) is 2.85. The molecule has 98 valence electrons. The van der Waals surface area contributed by atoms with Crippen molar-refractivity contribution < 1.29 is 9.90 Å². The molecule has 4 heteroatoms. The van der Waals surface area contributed by atoms with Crippen LogP contribution in [0.1, 0.15) is 18.4 Å². The minimum Gasteiger partial charge on any atom is -0.480 e. The normalized spacial score (nSPS) is 19.0. The van der Waals surface area contributed by atoms with Gasteiger partial charge in [0.2, 0.25) is 0 Å². The molecule has 1 atom stereocenters. The van der Waals surface area contributed by atoms with E-state index >= 15 is 0 Å². The Morgan fingerprint density at radius 2 is 2.26 bits per heavy atom. The number of nitrogens with zero attached hydrogens (tertiary/aromatic N) is 2. The lowest BCUT2D eigenvalue weighted by molar-refractivity contribution is -0.138. The predicted octanol–water partition coefficient (Wildman–Crippen LogP) is 2.60. The fraction of sp³-hybridized carbons (Fsp3) is 0.333. The van der Waals surface area contributed by atoms with Gasteiger partial charge in [0.25, 0.3) is 0 Å². The number of carboxylic acids is 1. The minimum atomic E-state index is -0.761. The number of benzene rings is 1. The number of anilines is 1. The van der Waals surface area contributed by atoms with Crippen LogP contribution < -0.4 is 4.90 Å².